The van der Waals surface area contributed by atoms with E-state index < -0.39 is 10.8 Å². The monoisotopic (exact) mass is 298 g/mol. The van der Waals surface area contributed by atoms with Crippen LogP contribution in [0.15, 0.2) is 18.2 Å². The topological polar surface area (TPSA) is 72.2 Å². The van der Waals surface area contributed by atoms with E-state index in [0.717, 1.165) is 6.42 Å². The van der Waals surface area contributed by atoms with Crippen LogP contribution in [0.5, 0.6) is 0 Å². The summed E-state index contributed by atoms with van der Waals surface area (Å²) in [6.45, 7) is 5.74. The summed E-state index contributed by atoms with van der Waals surface area (Å²) < 4.78 is 0. The van der Waals surface area contributed by atoms with E-state index in [4.69, 9.17) is 11.6 Å². The summed E-state index contributed by atoms with van der Waals surface area (Å²) in [5, 5.41) is 13.8. The molecule has 110 valence electrons. The number of alkyl halides is 1. The number of benzene rings is 1. The van der Waals surface area contributed by atoms with Crippen LogP contribution in [-0.4, -0.2) is 22.8 Å². The standard InChI is InChI=1S/C14H19ClN2O3/c1-9(2)7-11(8-15)16-14(18)13-10(3)5-4-6-12(13)17(19)20/h4-6,9,11H,7-8H2,1-3H3,(H,16,18). The Morgan fingerprint density at radius 3 is 2.60 bits per heavy atom. The van der Waals surface area contributed by atoms with Gasteiger partial charge in [-0.2, -0.15) is 0 Å². The van der Waals surface area contributed by atoms with Crippen LogP contribution in [0.25, 0.3) is 0 Å². The molecule has 1 unspecified atom stereocenters. The molecular formula is C14H19ClN2O3. The Hall–Kier alpha value is -1.62. The average Bonchev–Trinajstić information content (AvgIpc) is 2.36. The van der Waals surface area contributed by atoms with Gasteiger partial charge < -0.3 is 5.32 Å². The molecular weight excluding hydrogens is 280 g/mol. The molecule has 0 aliphatic rings. The summed E-state index contributed by atoms with van der Waals surface area (Å²) >= 11 is 5.84. The minimum Gasteiger partial charge on any atom is -0.348 e. The predicted molar refractivity (Wildman–Crippen MR) is 79.3 cm³/mol. The molecule has 6 heteroatoms. The van der Waals surface area contributed by atoms with E-state index in [9.17, 15) is 14.9 Å². The zero-order valence-electron chi connectivity index (χ0n) is 11.9. The lowest BCUT2D eigenvalue weighted by Crippen LogP contribution is -2.37. The number of halogens is 1. The average molecular weight is 299 g/mol. The van der Waals surface area contributed by atoms with Crippen LogP contribution in [0.4, 0.5) is 5.69 Å². The fourth-order valence-corrected chi connectivity index (χ4v) is 2.29. The maximum Gasteiger partial charge on any atom is 0.282 e. The molecule has 5 nitrogen and oxygen atoms in total. The van der Waals surface area contributed by atoms with E-state index >= 15 is 0 Å². The van der Waals surface area contributed by atoms with Crippen LogP contribution in [0, 0.1) is 23.0 Å². The molecule has 0 saturated heterocycles. The lowest BCUT2D eigenvalue weighted by Gasteiger charge is -2.18. The van der Waals surface area contributed by atoms with Gasteiger partial charge in [0, 0.05) is 18.0 Å². The molecule has 1 atom stereocenters. The first-order valence-corrected chi connectivity index (χ1v) is 7.01. The van der Waals surface area contributed by atoms with E-state index in [1.54, 1.807) is 19.1 Å². The van der Waals surface area contributed by atoms with Gasteiger partial charge in [0.15, 0.2) is 0 Å². The predicted octanol–water partition coefficient (Wildman–Crippen LogP) is 3.29. The number of carbonyl (C=O) groups excluding carboxylic acids is 1. The zero-order valence-corrected chi connectivity index (χ0v) is 12.6. The van der Waals surface area contributed by atoms with Crippen molar-refractivity contribution in [2.75, 3.05) is 5.88 Å². The van der Waals surface area contributed by atoms with Gasteiger partial charge in [0.25, 0.3) is 11.6 Å². The van der Waals surface area contributed by atoms with Crippen LogP contribution >= 0.6 is 11.6 Å². The highest BCUT2D eigenvalue weighted by molar-refractivity contribution is 6.18. The molecule has 0 radical (unpaired) electrons. The minimum atomic E-state index is -0.542. The smallest absolute Gasteiger partial charge is 0.282 e. The van der Waals surface area contributed by atoms with Crippen molar-refractivity contribution in [1.29, 1.82) is 0 Å². The van der Waals surface area contributed by atoms with Gasteiger partial charge in [0.05, 0.1) is 4.92 Å². The second kappa shape index (κ2) is 7.24. The Kier molecular flexibility index (Phi) is 5.95. The van der Waals surface area contributed by atoms with Crippen molar-refractivity contribution in [3.8, 4) is 0 Å². The highest BCUT2D eigenvalue weighted by atomic mass is 35.5. The first-order chi connectivity index (χ1) is 9.36. The number of amides is 1. The second-order valence-corrected chi connectivity index (χ2v) is 5.49. The first-order valence-electron chi connectivity index (χ1n) is 6.47. The minimum absolute atomic E-state index is 0.108. The fourth-order valence-electron chi connectivity index (χ4n) is 2.09. The highest BCUT2D eigenvalue weighted by Crippen LogP contribution is 2.22. The molecule has 0 aliphatic heterocycles. The molecule has 0 heterocycles. The summed E-state index contributed by atoms with van der Waals surface area (Å²) in [7, 11) is 0. The van der Waals surface area contributed by atoms with Crippen LogP contribution in [0.1, 0.15) is 36.2 Å². The number of nitrogens with zero attached hydrogens (tertiary/aromatic N) is 1. The van der Waals surface area contributed by atoms with E-state index in [0.29, 0.717) is 11.5 Å². The third-order valence-corrected chi connectivity index (χ3v) is 3.32. The molecule has 0 saturated carbocycles. The van der Waals surface area contributed by atoms with Gasteiger partial charge in [-0.05, 0) is 24.8 Å². The Morgan fingerprint density at radius 2 is 2.10 bits per heavy atom. The van der Waals surface area contributed by atoms with Crippen LogP contribution in [0.2, 0.25) is 0 Å². The van der Waals surface area contributed by atoms with E-state index in [-0.39, 0.29) is 23.2 Å². The number of nitro benzene ring substituents is 1. The van der Waals surface area contributed by atoms with Gasteiger partial charge in [-0.3, -0.25) is 14.9 Å². The number of rotatable bonds is 6. The van der Waals surface area contributed by atoms with Gasteiger partial charge in [-0.15, -0.1) is 11.6 Å². The van der Waals surface area contributed by atoms with Gasteiger partial charge in [-0.1, -0.05) is 26.0 Å². The van der Waals surface area contributed by atoms with Gasteiger partial charge in [-0.25, -0.2) is 0 Å². The highest BCUT2D eigenvalue weighted by Gasteiger charge is 2.24. The molecule has 0 aliphatic carbocycles. The summed E-state index contributed by atoms with van der Waals surface area (Å²) in [5.41, 5.74) is 0.506. The van der Waals surface area contributed by atoms with E-state index in [1.807, 2.05) is 13.8 Å². The van der Waals surface area contributed by atoms with Gasteiger partial charge in [0.2, 0.25) is 0 Å². The number of hydrogen-bond donors (Lipinski definition) is 1. The largest absolute Gasteiger partial charge is 0.348 e. The lowest BCUT2D eigenvalue weighted by atomic mass is 10.0. The fraction of sp³-hybridized carbons (Fsp3) is 0.500. The molecule has 1 amide bonds. The third-order valence-electron chi connectivity index (χ3n) is 2.95. The van der Waals surface area contributed by atoms with E-state index in [1.165, 1.54) is 6.07 Å². The Morgan fingerprint density at radius 1 is 1.45 bits per heavy atom. The maximum absolute atomic E-state index is 12.3. The number of hydrogen-bond acceptors (Lipinski definition) is 3. The van der Waals surface area contributed by atoms with E-state index in [2.05, 4.69) is 5.32 Å². The normalized spacial score (nSPS) is 12.2. The molecule has 0 bridgehead atoms. The molecule has 0 aromatic heterocycles. The maximum atomic E-state index is 12.3. The summed E-state index contributed by atoms with van der Waals surface area (Å²) in [4.78, 5) is 22.7. The van der Waals surface area contributed by atoms with Crippen molar-refractivity contribution >= 4 is 23.2 Å². The third kappa shape index (κ3) is 4.20. The second-order valence-electron chi connectivity index (χ2n) is 5.18. The van der Waals surface area contributed by atoms with Crippen LogP contribution in [0.3, 0.4) is 0 Å². The van der Waals surface area contributed by atoms with Crippen molar-refractivity contribution in [3.05, 3.63) is 39.4 Å². The van der Waals surface area contributed by atoms with Crippen molar-refractivity contribution in [2.24, 2.45) is 5.92 Å². The van der Waals surface area contributed by atoms with Crippen molar-refractivity contribution < 1.29 is 9.72 Å². The van der Waals surface area contributed by atoms with Crippen LogP contribution in [-0.2, 0) is 0 Å². The quantitative estimate of drug-likeness (QED) is 0.497. The molecule has 1 aromatic carbocycles. The Labute approximate surface area is 123 Å². The number of carbonyl (C=O) groups is 1. The number of aryl methyl sites for hydroxylation is 1. The Bertz CT molecular complexity index is 503. The SMILES string of the molecule is Cc1cccc([N+](=O)[O-])c1C(=O)NC(CCl)CC(C)C. The molecule has 20 heavy (non-hydrogen) atoms. The molecule has 1 N–H and O–H groups in total. The summed E-state index contributed by atoms with van der Waals surface area (Å²) in [6, 6.07) is 4.39. The molecule has 0 fully saturated rings. The molecule has 0 spiro atoms. The van der Waals surface area contributed by atoms with Gasteiger partial charge >= 0.3 is 0 Å². The first kappa shape index (κ1) is 16.4. The van der Waals surface area contributed by atoms with Crippen molar-refractivity contribution in [1.82, 2.24) is 5.32 Å². The van der Waals surface area contributed by atoms with Gasteiger partial charge in [0.1, 0.15) is 5.56 Å². The zero-order chi connectivity index (χ0) is 15.3. The lowest BCUT2D eigenvalue weighted by molar-refractivity contribution is -0.385. The van der Waals surface area contributed by atoms with Crippen LogP contribution < -0.4 is 5.32 Å². The molecule has 1 rings (SSSR count). The Balaban J connectivity index is 3.00. The summed E-state index contributed by atoms with van der Waals surface area (Å²) in [6.07, 6.45) is 0.731. The molecule has 1 aromatic rings. The number of nitrogens with one attached hydrogen (secondary N) is 1. The summed E-state index contributed by atoms with van der Waals surface area (Å²) in [5.74, 6) is 0.218. The van der Waals surface area contributed by atoms with Crippen molar-refractivity contribution in [3.63, 3.8) is 0 Å². The number of nitro groups is 1. The van der Waals surface area contributed by atoms with Crippen molar-refractivity contribution in [2.45, 2.75) is 33.2 Å².